The lowest BCUT2D eigenvalue weighted by atomic mass is 9.86. The Morgan fingerprint density at radius 1 is 1.41 bits per heavy atom. The maximum absolute atomic E-state index is 10.9. The highest BCUT2D eigenvalue weighted by Gasteiger charge is 2.37. The van der Waals surface area contributed by atoms with Crippen LogP contribution < -0.4 is 5.73 Å². The second kappa shape index (κ2) is 5.59. The average molecular weight is 261 g/mol. The number of aliphatic carboxylic acids is 1. The third-order valence-electron chi connectivity index (χ3n) is 3.51. The molecule has 0 aromatic heterocycles. The van der Waals surface area contributed by atoms with E-state index >= 15 is 0 Å². The van der Waals surface area contributed by atoms with Gasteiger partial charge in [-0.1, -0.05) is 19.3 Å². The number of carbonyl (C=O) groups is 1. The minimum Gasteiger partial charge on any atom is -0.480 e. The van der Waals surface area contributed by atoms with E-state index in [-0.39, 0.29) is 0 Å². The largest absolute Gasteiger partial charge is 0.480 e. The van der Waals surface area contributed by atoms with E-state index in [2.05, 4.69) is 0 Å². The fraction of sp³-hybridized carbons (Fsp3) is 0.917. The van der Waals surface area contributed by atoms with Crippen molar-refractivity contribution in [1.29, 1.82) is 0 Å². The summed E-state index contributed by atoms with van der Waals surface area (Å²) in [7, 11) is 0. The summed E-state index contributed by atoms with van der Waals surface area (Å²) in [5, 5.41) is 19.3. The highest BCUT2D eigenvalue weighted by Crippen LogP contribution is 2.36. The number of nitrogens with two attached hydrogens (primary N) is 1. The number of aliphatic hydroxyl groups is 1. The molecule has 1 aliphatic rings. The number of thioether (sulfide) groups is 1. The third-order valence-corrected chi connectivity index (χ3v) is 5.19. The number of hydrogen-bond donors (Lipinski definition) is 3. The summed E-state index contributed by atoms with van der Waals surface area (Å²) >= 11 is 1.46. The molecule has 1 saturated carbocycles. The molecular formula is C12H23NO3S. The van der Waals surface area contributed by atoms with Gasteiger partial charge >= 0.3 is 5.97 Å². The van der Waals surface area contributed by atoms with Crippen molar-refractivity contribution in [2.75, 3.05) is 5.75 Å². The summed E-state index contributed by atoms with van der Waals surface area (Å²) in [6.07, 6.45) is 4.94. The molecule has 0 radical (unpaired) electrons. The lowest BCUT2D eigenvalue weighted by Gasteiger charge is -2.36. The van der Waals surface area contributed by atoms with Crippen molar-refractivity contribution in [2.45, 2.75) is 62.3 Å². The predicted octanol–water partition coefficient (Wildman–Crippen LogP) is 1.61. The van der Waals surface area contributed by atoms with Crippen LogP contribution in [0.3, 0.4) is 0 Å². The van der Waals surface area contributed by atoms with Crippen LogP contribution in [0.1, 0.15) is 46.0 Å². The minimum atomic E-state index is -0.988. The normalized spacial score (nSPS) is 22.1. The molecule has 1 rings (SSSR count). The molecule has 4 N–H and O–H groups in total. The number of carboxylic acid groups (broad SMARTS) is 1. The van der Waals surface area contributed by atoms with Crippen molar-refractivity contribution >= 4 is 17.7 Å². The molecule has 1 aliphatic carbocycles. The van der Waals surface area contributed by atoms with Crippen molar-refractivity contribution in [3.05, 3.63) is 0 Å². The Morgan fingerprint density at radius 2 is 1.94 bits per heavy atom. The molecule has 0 saturated heterocycles. The first-order valence-electron chi connectivity index (χ1n) is 6.12. The molecule has 0 unspecified atom stereocenters. The van der Waals surface area contributed by atoms with E-state index in [0.717, 1.165) is 25.7 Å². The van der Waals surface area contributed by atoms with E-state index < -0.39 is 22.4 Å². The lowest BCUT2D eigenvalue weighted by Crippen LogP contribution is -2.48. The topological polar surface area (TPSA) is 83.5 Å². The van der Waals surface area contributed by atoms with Gasteiger partial charge in [0.25, 0.3) is 0 Å². The molecule has 0 aromatic carbocycles. The number of hydrogen-bond acceptors (Lipinski definition) is 4. The van der Waals surface area contributed by atoms with Crippen LogP contribution in [0.5, 0.6) is 0 Å². The summed E-state index contributed by atoms with van der Waals surface area (Å²) in [6.45, 7) is 3.64. The molecule has 1 atom stereocenters. The van der Waals surface area contributed by atoms with Gasteiger partial charge in [0.1, 0.15) is 6.04 Å². The third kappa shape index (κ3) is 4.16. The van der Waals surface area contributed by atoms with Crippen LogP contribution in [0.15, 0.2) is 0 Å². The van der Waals surface area contributed by atoms with E-state index in [4.69, 9.17) is 10.8 Å². The second-order valence-electron chi connectivity index (χ2n) is 5.49. The molecule has 0 aliphatic heterocycles. The van der Waals surface area contributed by atoms with Crippen LogP contribution in [-0.2, 0) is 4.79 Å². The molecule has 100 valence electrons. The van der Waals surface area contributed by atoms with Gasteiger partial charge in [0.15, 0.2) is 0 Å². The Morgan fingerprint density at radius 3 is 2.41 bits per heavy atom. The SMILES string of the molecule is CC(C)(SCC1(O)CCCCC1)[C@H](N)C(=O)O. The molecule has 0 bridgehead atoms. The molecule has 0 aromatic rings. The van der Waals surface area contributed by atoms with E-state index in [1.54, 1.807) is 0 Å². The van der Waals surface area contributed by atoms with E-state index in [1.165, 1.54) is 18.2 Å². The van der Waals surface area contributed by atoms with Crippen molar-refractivity contribution in [2.24, 2.45) is 5.73 Å². The molecule has 4 nitrogen and oxygen atoms in total. The van der Waals surface area contributed by atoms with Gasteiger partial charge in [0.2, 0.25) is 0 Å². The molecule has 5 heteroatoms. The van der Waals surface area contributed by atoms with Crippen LogP contribution in [0, 0.1) is 0 Å². The van der Waals surface area contributed by atoms with Crippen LogP contribution >= 0.6 is 11.8 Å². The molecule has 0 heterocycles. The standard InChI is InChI=1S/C12H23NO3S/c1-11(2,9(13)10(14)15)17-8-12(16)6-4-3-5-7-12/h9,16H,3-8,13H2,1-2H3,(H,14,15)/t9-/m1/s1. The number of carboxylic acids is 1. The Labute approximate surface area is 107 Å². The quantitative estimate of drug-likeness (QED) is 0.700. The van der Waals surface area contributed by atoms with Gasteiger partial charge in [-0.25, -0.2) is 0 Å². The zero-order valence-electron chi connectivity index (χ0n) is 10.6. The summed E-state index contributed by atoms with van der Waals surface area (Å²) in [5.74, 6) is -0.417. The lowest BCUT2D eigenvalue weighted by molar-refractivity contribution is -0.139. The first-order valence-corrected chi connectivity index (χ1v) is 7.10. The zero-order chi connectivity index (χ0) is 13.1. The minimum absolute atomic E-state index is 0.557. The monoisotopic (exact) mass is 261 g/mol. The molecule has 0 amide bonds. The zero-order valence-corrected chi connectivity index (χ0v) is 11.4. The van der Waals surface area contributed by atoms with Gasteiger partial charge in [0, 0.05) is 10.5 Å². The van der Waals surface area contributed by atoms with Crippen molar-refractivity contribution in [1.82, 2.24) is 0 Å². The summed E-state index contributed by atoms with van der Waals surface area (Å²) < 4.78 is -0.557. The maximum atomic E-state index is 10.9. The fourth-order valence-corrected chi connectivity index (χ4v) is 3.27. The molecule has 0 spiro atoms. The van der Waals surface area contributed by atoms with E-state index in [1.807, 2.05) is 13.8 Å². The van der Waals surface area contributed by atoms with Gasteiger partial charge in [-0.15, -0.1) is 0 Å². The van der Waals surface area contributed by atoms with Crippen molar-refractivity contribution < 1.29 is 15.0 Å². The fourth-order valence-electron chi connectivity index (χ4n) is 2.06. The van der Waals surface area contributed by atoms with Gasteiger partial charge in [-0.05, 0) is 26.7 Å². The Balaban J connectivity index is 2.50. The molecule has 17 heavy (non-hydrogen) atoms. The van der Waals surface area contributed by atoms with Crippen molar-refractivity contribution in [3.8, 4) is 0 Å². The Hall–Kier alpha value is -0.260. The van der Waals surface area contributed by atoms with Crippen LogP contribution in [0.4, 0.5) is 0 Å². The highest BCUT2D eigenvalue weighted by atomic mass is 32.2. The summed E-state index contributed by atoms with van der Waals surface area (Å²) in [4.78, 5) is 10.9. The predicted molar refractivity (Wildman–Crippen MR) is 70.2 cm³/mol. The first kappa shape index (κ1) is 14.8. The van der Waals surface area contributed by atoms with Crippen LogP contribution in [0.2, 0.25) is 0 Å². The van der Waals surface area contributed by atoms with Gasteiger partial charge in [0.05, 0.1) is 5.60 Å². The Kier molecular flexibility index (Phi) is 4.86. The summed E-state index contributed by atoms with van der Waals surface area (Å²) in [5.41, 5.74) is 5.02. The van der Waals surface area contributed by atoms with Gasteiger partial charge in [-0.3, -0.25) is 4.79 Å². The average Bonchev–Trinajstić information content (AvgIpc) is 2.27. The number of rotatable bonds is 5. The second-order valence-corrected chi connectivity index (χ2v) is 7.12. The Bertz CT molecular complexity index is 275. The molecular weight excluding hydrogens is 238 g/mol. The highest BCUT2D eigenvalue weighted by molar-refractivity contribution is 8.00. The van der Waals surface area contributed by atoms with Crippen LogP contribution in [0.25, 0.3) is 0 Å². The summed E-state index contributed by atoms with van der Waals surface area (Å²) in [6, 6.07) is -0.903. The van der Waals surface area contributed by atoms with Gasteiger partial charge in [-0.2, -0.15) is 11.8 Å². The van der Waals surface area contributed by atoms with E-state index in [9.17, 15) is 9.90 Å². The maximum Gasteiger partial charge on any atom is 0.321 e. The van der Waals surface area contributed by atoms with Crippen LogP contribution in [-0.4, -0.2) is 38.3 Å². The van der Waals surface area contributed by atoms with Gasteiger partial charge < -0.3 is 15.9 Å². The first-order chi connectivity index (χ1) is 7.77. The van der Waals surface area contributed by atoms with E-state index in [0.29, 0.717) is 5.75 Å². The molecule has 1 fully saturated rings. The van der Waals surface area contributed by atoms with Crippen molar-refractivity contribution in [3.63, 3.8) is 0 Å². The smallest absolute Gasteiger partial charge is 0.321 e.